The minimum atomic E-state index is -0.312. The van der Waals surface area contributed by atoms with Crippen molar-refractivity contribution in [1.29, 1.82) is 0 Å². The lowest BCUT2D eigenvalue weighted by Crippen LogP contribution is -2.53. The fourth-order valence-electron chi connectivity index (χ4n) is 5.55. The SMILES string of the molecule is CC1(C)COc2cc(-c3cc4ccccc4s3)ccc2C1NC(=O)O[C@H]1CN2CCC1CC2. The van der Waals surface area contributed by atoms with Crippen molar-refractivity contribution in [1.82, 2.24) is 10.2 Å². The molecule has 0 spiro atoms. The van der Waals surface area contributed by atoms with E-state index in [0.717, 1.165) is 49.4 Å². The maximum Gasteiger partial charge on any atom is 0.407 e. The van der Waals surface area contributed by atoms with Gasteiger partial charge in [-0.3, -0.25) is 4.90 Å². The summed E-state index contributed by atoms with van der Waals surface area (Å²) in [5.74, 6) is 1.34. The summed E-state index contributed by atoms with van der Waals surface area (Å²) in [6, 6.07) is 16.9. The number of piperidine rings is 3. The van der Waals surface area contributed by atoms with E-state index in [1.807, 2.05) is 0 Å². The summed E-state index contributed by atoms with van der Waals surface area (Å²) < 4.78 is 13.4. The van der Waals surface area contributed by atoms with E-state index in [0.29, 0.717) is 12.5 Å². The Labute approximate surface area is 198 Å². The van der Waals surface area contributed by atoms with Crippen LogP contribution in [0.2, 0.25) is 0 Å². The molecule has 2 atom stereocenters. The summed E-state index contributed by atoms with van der Waals surface area (Å²) >= 11 is 1.79. The van der Waals surface area contributed by atoms with E-state index in [9.17, 15) is 4.79 Å². The molecular weight excluding hydrogens is 432 g/mol. The predicted molar refractivity (Wildman–Crippen MR) is 132 cm³/mol. The molecule has 33 heavy (non-hydrogen) atoms. The number of hydrogen-bond acceptors (Lipinski definition) is 5. The van der Waals surface area contributed by atoms with Gasteiger partial charge in [0.1, 0.15) is 11.9 Å². The molecule has 0 saturated carbocycles. The largest absolute Gasteiger partial charge is 0.493 e. The Morgan fingerprint density at radius 2 is 1.97 bits per heavy atom. The zero-order chi connectivity index (χ0) is 22.6. The van der Waals surface area contributed by atoms with Gasteiger partial charge in [-0.25, -0.2) is 4.79 Å². The first-order valence-electron chi connectivity index (χ1n) is 11.9. The number of hydrogen-bond donors (Lipinski definition) is 1. The van der Waals surface area contributed by atoms with Gasteiger partial charge >= 0.3 is 6.09 Å². The first-order valence-corrected chi connectivity index (χ1v) is 12.7. The molecule has 1 aromatic heterocycles. The molecular formula is C27H30N2O3S. The van der Waals surface area contributed by atoms with Gasteiger partial charge in [-0.15, -0.1) is 11.3 Å². The van der Waals surface area contributed by atoms with E-state index in [2.05, 4.69) is 72.6 Å². The van der Waals surface area contributed by atoms with E-state index in [-0.39, 0.29) is 23.7 Å². The van der Waals surface area contributed by atoms with Gasteiger partial charge in [0.2, 0.25) is 0 Å². The van der Waals surface area contributed by atoms with Gasteiger partial charge in [0.15, 0.2) is 0 Å². The quantitative estimate of drug-likeness (QED) is 0.531. The van der Waals surface area contributed by atoms with E-state index >= 15 is 0 Å². The molecule has 1 amide bonds. The molecule has 2 bridgehead atoms. The first kappa shape index (κ1) is 21.0. The summed E-state index contributed by atoms with van der Waals surface area (Å²) in [6.45, 7) is 7.94. The summed E-state index contributed by atoms with van der Waals surface area (Å²) in [4.78, 5) is 16.6. The number of alkyl carbamates (subject to hydrolysis) is 1. The maximum atomic E-state index is 13.0. The maximum absolute atomic E-state index is 13.0. The average molecular weight is 463 g/mol. The molecule has 3 fully saturated rings. The fourth-order valence-corrected chi connectivity index (χ4v) is 6.61. The van der Waals surface area contributed by atoms with Crippen molar-refractivity contribution in [3.8, 4) is 16.2 Å². The number of nitrogens with zero attached hydrogens (tertiary/aromatic N) is 1. The van der Waals surface area contributed by atoms with Gasteiger partial charge in [-0.2, -0.15) is 0 Å². The average Bonchev–Trinajstić information content (AvgIpc) is 3.26. The van der Waals surface area contributed by atoms with Crippen LogP contribution in [-0.2, 0) is 4.74 Å². The second-order valence-electron chi connectivity index (χ2n) is 10.3. The Balaban J connectivity index is 1.24. The van der Waals surface area contributed by atoms with Crippen LogP contribution in [0.1, 0.15) is 38.3 Å². The smallest absolute Gasteiger partial charge is 0.407 e. The zero-order valence-corrected chi connectivity index (χ0v) is 20.0. The number of fused-ring (bicyclic) bond motifs is 5. The molecule has 0 radical (unpaired) electrons. The molecule has 5 heterocycles. The molecule has 3 saturated heterocycles. The number of carbonyl (C=O) groups excluding carboxylic acids is 1. The lowest BCUT2D eigenvalue weighted by atomic mass is 9.79. The molecule has 4 aliphatic heterocycles. The van der Waals surface area contributed by atoms with Crippen LogP contribution >= 0.6 is 11.3 Å². The van der Waals surface area contributed by atoms with E-state index in [1.165, 1.54) is 15.0 Å². The highest BCUT2D eigenvalue weighted by Gasteiger charge is 2.41. The molecule has 0 aliphatic carbocycles. The minimum absolute atomic E-state index is 0.00487. The van der Waals surface area contributed by atoms with Crippen molar-refractivity contribution in [2.24, 2.45) is 11.3 Å². The van der Waals surface area contributed by atoms with Gasteiger partial charge < -0.3 is 14.8 Å². The Hall–Kier alpha value is -2.57. The van der Waals surface area contributed by atoms with Crippen LogP contribution in [0.25, 0.3) is 20.5 Å². The highest BCUT2D eigenvalue weighted by Crippen LogP contribution is 2.45. The molecule has 3 aromatic rings. The molecule has 1 unspecified atom stereocenters. The van der Waals surface area contributed by atoms with Crippen LogP contribution in [0.4, 0.5) is 4.79 Å². The standard InChI is InChI=1S/C27H30N2O3S/c1-27(2)16-31-21-13-19(24-14-18-5-3-4-6-23(18)33-24)7-8-20(21)25(27)28-26(30)32-22-15-29-11-9-17(22)10-12-29/h3-8,13-14,17,22,25H,9-12,15-16H2,1-2H3,(H,28,30)/t22-,25?/m0/s1. The Kier molecular flexibility index (Phi) is 5.11. The number of carbonyl (C=O) groups is 1. The molecule has 172 valence electrons. The Bertz CT molecular complexity index is 1160. The van der Waals surface area contributed by atoms with Crippen molar-refractivity contribution in [2.75, 3.05) is 26.2 Å². The summed E-state index contributed by atoms with van der Waals surface area (Å²) in [6.07, 6.45) is 1.95. The number of nitrogens with one attached hydrogen (secondary N) is 1. The van der Waals surface area contributed by atoms with Crippen molar-refractivity contribution >= 4 is 27.5 Å². The number of thiophene rings is 1. The Morgan fingerprint density at radius 1 is 1.15 bits per heavy atom. The van der Waals surface area contributed by atoms with Gasteiger partial charge in [-0.05, 0) is 61.0 Å². The van der Waals surface area contributed by atoms with Crippen LogP contribution < -0.4 is 10.1 Å². The van der Waals surface area contributed by atoms with E-state index in [1.54, 1.807) is 11.3 Å². The highest BCUT2D eigenvalue weighted by atomic mass is 32.1. The topological polar surface area (TPSA) is 50.8 Å². The van der Waals surface area contributed by atoms with Crippen LogP contribution in [0.5, 0.6) is 5.75 Å². The summed E-state index contributed by atoms with van der Waals surface area (Å²) in [5, 5.41) is 4.45. The minimum Gasteiger partial charge on any atom is -0.493 e. The van der Waals surface area contributed by atoms with Crippen molar-refractivity contribution in [3.05, 3.63) is 54.1 Å². The van der Waals surface area contributed by atoms with Crippen molar-refractivity contribution in [3.63, 3.8) is 0 Å². The monoisotopic (exact) mass is 462 g/mol. The second kappa shape index (κ2) is 8.03. The normalized spacial score (nSPS) is 27.6. The van der Waals surface area contributed by atoms with Crippen molar-refractivity contribution < 1.29 is 14.3 Å². The lowest BCUT2D eigenvalue weighted by molar-refractivity contribution is -0.0361. The lowest BCUT2D eigenvalue weighted by Gasteiger charge is -2.44. The highest BCUT2D eigenvalue weighted by molar-refractivity contribution is 7.22. The number of benzene rings is 2. The molecule has 1 N–H and O–H groups in total. The first-order chi connectivity index (χ1) is 16.0. The van der Waals surface area contributed by atoms with E-state index in [4.69, 9.17) is 9.47 Å². The number of rotatable bonds is 3. The van der Waals surface area contributed by atoms with Gasteiger partial charge in [0.25, 0.3) is 0 Å². The summed E-state index contributed by atoms with van der Waals surface area (Å²) in [5.41, 5.74) is 1.92. The molecule has 7 rings (SSSR count). The van der Waals surface area contributed by atoms with E-state index < -0.39 is 0 Å². The molecule has 2 aromatic carbocycles. The van der Waals surface area contributed by atoms with Crippen LogP contribution in [-0.4, -0.2) is 43.3 Å². The second-order valence-corrected chi connectivity index (χ2v) is 11.4. The van der Waals surface area contributed by atoms with Crippen LogP contribution in [0.15, 0.2) is 48.5 Å². The van der Waals surface area contributed by atoms with Crippen molar-refractivity contribution in [2.45, 2.75) is 38.8 Å². The number of amides is 1. The third-order valence-electron chi connectivity index (χ3n) is 7.53. The van der Waals surface area contributed by atoms with Gasteiger partial charge in [0.05, 0.1) is 12.6 Å². The third-order valence-corrected chi connectivity index (χ3v) is 8.70. The molecule has 6 heteroatoms. The van der Waals surface area contributed by atoms with Crippen LogP contribution in [0.3, 0.4) is 0 Å². The fraction of sp³-hybridized carbons (Fsp3) is 0.444. The molecule has 4 aliphatic rings. The number of ether oxygens (including phenoxy) is 2. The Morgan fingerprint density at radius 3 is 2.73 bits per heavy atom. The van der Waals surface area contributed by atoms with Gasteiger partial charge in [0, 0.05) is 27.1 Å². The zero-order valence-electron chi connectivity index (χ0n) is 19.2. The summed E-state index contributed by atoms with van der Waals surface area (Å²) in [7, 11) is 0. The third kappa shape index (κ3) is 3.89. The molecule has 5 nitrogen and oxygen atoms in total. The van der Waals surface area contributed by atoms with Crippen LogP contribution in [0, 0.1) is 11.3 Å². The predicted octanol–water partition coefficient (Wildman–Crippen LogP) is 5.85. The van der Waals surface area contributed by atoms with Gasteiger partial charge in [-0.1, -0.05) is 44.2 Å².